The van der Waals surface area contributed by atoms with E-state index in [4.69, 9.17) is 14.8 Å². The maximum absolute atomic E-state index is 12.2. The quantitative estimate of drug-likeness (QED) is 0.139. The third kappa shape index (κ3) is 12.3. The van der Waals surface area contributed by atoms with Gasteiger partial charge in [0.1, 0.15) is 5.76 Å². The molecular formula is C32H50BF3N4O9S. The second-order valence-corrected chi connectivity index (χ2v) is 13.2. The monoisotopic (exact) mass is 734 g/mol. The summed E-state index contributed by atoms with van der Waals surface area (Å²) in [6.07, 6.45) is 8.41. The summed E-state index contributed by atoms with van der Waals surface area (Å²) in [5, 5.41) is 26.0. The number of aromatic nitrogens is 4. The predicted molar refractivity (Wildman–Crippen MR) is 182 cm³/mol. The van der Waals surface area contributed by atoms with E-state index in [1.54, 1.807) is 23.1 Å². The molecule has 0 aromatic carbocycles. The van der Waals surface area contributed by atoms with Gasteiger partial charge in [0.2, 0.25) is 0 Å². The Morgan fingerprint density at radius 3 is 1.82 bits per heavy atom. The van der Waals surface area contributed by atoms with Crippen LogP contribution in [0.2, 0.25) is 0 Å². The average molecular weight is 735 g/mol. The molecule has 2 N–H and O–H groups in total. The maximum atomic E-state index is 12.2. The van der Waals surface area contributed by atoms with Crippen molar-refractivity contribution < 1.29 is 54.9 Å². The fourth-order valence-corrected chi connectivity index (χ4v) is 5.68. The molecule has 0 saturated heterocycles. The molecule has 0 saturated carbocycles. The zero-order valence-electron chi connectivity index (χ0n) is 28.7. The number of carbonyl (C=O) groups is 2. The van der Waals surface area contributed by atoms with Gasteiger partial charge >= 0.3 is 34.7 Å². The normalized spacial score (nSPS) is 15.0. The Morgan fingerprint density at radius 1 is 0.840 bits per heavy atom. The molecule has 2 aliphatic carbocycles. The Morgan fingerprint density at radius 2 is 1.32 bits per heavy atom. The lowest BCUT2D eigenvalue weighted by Gasteiger charge is -2.21. The molecule has 0 unspecified atom stereocenters. The van der Waals surface area contributed by atoms with Crippen molar-refractivity contribution in [2.24, 2.45) is 0 Å². The topological polar surface area (TPSA) is 172 Å². The van der Waals surface area contributed by atoms with E-state index in [9.17, 15) is 31.2 Å². The van der Waals surface area contributed by atoms with Crippen molar-refractivity contribution in [2.45, 2.75) is 118 Å². The summed E-state index contributed by atoms with van der Waals surface area (Å²) in [6.45, 7) is 11.9. The summed E-state index contributed by atoms with van der Waals surface area (Å²) in [6, 6.07) is 4.04. The smallest absolute Gasteiger partial charge is 0.463 e. The maximum Gasteiger partial charge on any atom is 0.534 e. The minimum absolute atomic E-state index is 0. The second-order valence-electron chi connectivity index (χ2n) is 11.6. The van der Waals surface area contributed by atoms with Gasteiger partial charge in [-0.15, -0.1) is 0 Å². The predicted octanol–water partition coefficient (Wildman–Crippen LogP) is 5.38. The number of alkyl halides is 3. The van der Waals surface area contributed by atoms with Crippen molar-refractivity contribution in [1.29, 1.82) is 0 Å². The molecule has 2 aliphatic rings. The third-order valence-electron chi connectivity index (χ3n) is 7.35. The molecule has 13 nitrogen and oxygen atoms in total. The van der Waals surface area contributed by atoms with Crippen molar-refractivity contribution in [3.63, 3.8) is 0 Å². The summed E-state index contributed by atoms with van der Waals surface area (Å²) in [5.74, 6) is -1.47. The van der Waals surface area contributed by atoms with E-state index in [1.165, 1.54) is 6.92 Å². The van der Waals surface area contributed by atoms with Crippen LogP contribution >= 0.6 is 0 Å². The van der Waals surface area contributed by atoms with Gasteiger partial charge in [0.15, 0.2) is 0 Å². The number of rotatable bonds is 10. The number of halogens is 3. The first-order valence-electron chi connectivity index (χ1n) is 16.2. The van der Waals surface area contributed by atoms with Crippen molar-refractivity contribution in [3.8, 4) is 0 Å². The molecule has 282 valence electrons. The van der Waals surface area contributed by atoms with Crippen LogP contribution in [0, 0.1) is 0 Å². The highest BCUT2D eigenvalue weighted by Crippen LogP contribution is 2.34. The number of carbonyl (C=O) groups excluding carboxylic acids is 2. The van der Waals surface area contributed by atoms with E-state index in [0.717, 1.165) is 42.5 Å². The van der Waals surface area contributed by atoms with Gasteiger partial charge in [-0.25, -0.2) is 9.59 Å². The number of hydrogen-bond acceptors (Lipinski definition) is 11. The van der Waals surface area contributed by atoms with Crippen molar-refractivity contribution in [2.75, 3.05) is 13.2 Å². The number of hydrogen-bond donors (Lipinski definition) is 2. The van der Waals surface area contributed by atoms with E-state index in [1.807, 2.05) is 31.5 Å². The minimum atomic E-state index is -5.74. The van der Waals surface area contributed by atoms with E-state index in [0.29, 0.717) is 31.1 Å². The Labute approximate surface area is 292 Å². The fraction of sp³-hybridized carbons (Fsp3) is 0.625. The molecule has 4 rings (SSSR count). The van der Waals surface area contributed by atoms with Crippen LogP contribution in [0.15, 0.2) is 41.4 Å². The molecule has 2 aromatic heterocycles. The van der Waals surface area contributed by atoms with Gasteiger partial charge in [0.25, 0.3) is 0 Å². The summed E-state index contributed by atoms with van der Waals surface area (Å²) >= 11 is 0. The number of allylic oxidation sites excluding steroid dienone is 2. The van der Waals surface area contributed by atoms with Crippen LogP contribution in [0.3, 0.4) is 0 Å². The number of esters is 2. The van der Waals surface area contributed by atoms with Crippen LogP contribution in [0.5, 0.6) is 0 Å². The van der Waals surface area contributed by atoms with Gasteiger partial charge in [-0.05, 0) is 104 Å². The first-order chi connectivity index (χ1) is 23.0. The molecule has 0 bridgehead atoms. The molecule has 0 fully saturated rings. The van der Waals surface area contributed by atoms with Crippen LogP contribution in [0.1, 0.15) is 118 Å². The molecule has 0 spiro atoms. The van der Waals surface area contributed by atoms with Crippen molar-refractivity contribution in [1.82, 2.24) is 19.6 Å². The molecule has 50 heavy (non-hydrogen) atoms. The molecular weight excluding hydrogens is 684 g/mol. The zero-order chi connectivity index (χ0) is 36.9. The van der Waals surface area contributed by atoms with Gasteiger partial charge in [0.05, 0.1) is 30.1 Å². The summed E-state index contributed by atoms with van der Waals surface area (Å²) in [5.41, 5.74) is -2.19. The molecule has 0 amide bonds. The Kier molecular flexibility index (Phi) is 18.0. The van der Waals surface area contributed by atoms with Crippen LogP contribution in [-0.4, -0.2) is 75.8 Å². The lowest BCUT2D eigenvalue weighted by molar-refractivity contribution is -0.139. The molecule has 18 heteroatoms. The van der Waals surface area contributed by atoms with Crippen LogP contribution < -0.4 is 5.59 Å². The van der Waals surface area contributed by atoms with Crippen LogP contribution in [-0.2, 0) is 33.4 Å². The SMILES string of the molecule is C.CC(C)n1nccc1B(O)O.CCOC(=O)C1=C(OS(=O)(=O)C(F)(F)F)CCCC1.CCOC(=O)C1=C(c2ccnn2C(C)C)CCCC1. The summed E-state index contributed by atoms with van der Waals surface area (Å²) < 4.78 is 75.9. The molecule has 0 atom stereocenters. The number of nitrogens with zero attached hydrogens (tertiary/aromatic N) is 4. The Balaban J connectivity index is 0.000000385. The zero-order valence-corrected chi connectivity index (χ0v) is 29.5. The van der Waals surface area contributed by atoms with E-state index in [-0.39, 0.29) is 44.5 Å². The average Bonchev–Trinajstić information content (AvgIpc) is 3.73. The highest BCUT2D eigenvalue weighted by atomic mass is 32.2. The molecule has 0 radical (unpaired) electrons. The molecule has 2 aromatic rings. The van der Waals surface area contributed by atoms with Gasteiger partial charge in [-0.3, -0.25) is 9.36 Å². The van der Waals surface area contributed by atoms with Crippen molar-refractivity contribution >= 4 is 40.3 Å². The molecule has 2 heterocycles. The highest BCUT2D eigenvalue weighted by Gasteiger charge is 2.49. The first kappa shape index (κ1) is 44.4. The standard InChI is InChI=1S/C15H22N2O2.C10H13F3O5S.C6H11BN2O2.CH4/c1-4-19-15(18)13-8-6-5-7-12(13)14-9-10-16-17(14)11(2)3;1-2-17-9(14)7-5-3-4-6-8(7)18-19(15,16)10(11,12)13;1-5(2)9-6(7(10)11)3-4-8-9;/h9-11H,4-8H2,1-3H3;2-6H2,1H3;3-5,10-11H,1-2H3;1H4. The second kappa shape index (κ2) is 20.3. The van der Waals surface area contributed by atoms with Gasteiger partial charge in [-0.1, -0.05) is 7.43 Å². The van der Waals surface area contributed by atoms with Crippen LogP contribution in [0.25, 0.3) is 5.57 Å². The summed E-state index contributed by atoms with van der Waals surface area (Å²) in [4.78, 5) is 23.6. The largest absolute Gasteiger partial charge is 0.534 e. The van der Waals surface area contributed by atoms with E-state index in [2.05, 4.69) is 33.0 Å². The highest BCUT2D eigenvalue weighted by molar-refractivity contribution is 7.87. The lowest BCUT2D eigenvalue weighted by atomic mass is 9.86. The fourth-order valence-electron chi connectivity index (χ4n) is 5.14. The third-order valence-corrected chi connectivity index (χ3v) is 8.33. The number of ether oxygens (including phenoxy) is 2. The van der Waals surface area contributed by atoms with Crippen molar-refractivity contribution in [3.05, 3.63) is 47.1 Å². The van der Waals surface area contributed by atoms with Gasteiger partial charge < -0.3 is 23.7 Å². The van der Waals surface area contributed by atoms with E-state index < -0.39 is 34.5 Å². The lowest BCUT2D eigenvalue weighted by Crippen LogP contribution is -2.37. The van der Waals surface area contributed by atoms with Gasteiger partial charge in [0, 0.05) is 36.5 Å². The van der Waals surface area contributed by atoms with Gasteiger partial charge in [-0.2, -0.15) is 31.8 Å². The Hall–Kier alpha value is -3.64. The Bertz CT molecular complexity index is 1540. The molecule has 0 aliphatic heterocycles. The summed E-state index contributed by atoms with van der Waals surface area (Å²) in [7, 11) is -7.18. The minimum Gasteiger partial charge on any atom is -0.463 e. The first-order valence-corrected chi connectivity index (χ1v) is 17.6. The van der Waals surface area contributed by atoms with Crippen LogP contribution in [0.4, 0.5) is 13.2 Å². The van der Waals surface area contributed by atoms with E-state index >= 15 is 0 Å².